The zero-order valence-corrected chi connectivity index (χ0v) is 20.0. The van der Waals surface area contributed by atoms with Crippen molar-refractivity contribution in [2.45, 2.75) is 57.2 Å². The van der Waals surface area contributed by atoms with Gasteiger partial charge in [0.15, 0.2) is 15.6 Å². The van der Waals surface area contributed by atoms with Gasteiger partial charge >= 0.3 is 0 Å². The van der Waals surface area contributed by atoms with Gasteiger partial charge in [0.25, 0.3) is 0 Å². The molecular formula is C24H34ClNO4S. The number of sulfone groups is 1. The first-order chi connectivity index (χ1) is 14.8. The molecule has 0 N–H and O–H groups in total. The van der Waals surface area contributed by atoms with Crippen LogP contribution in [-0.2, 0) is 25.7 Å². The zero-order valence-electron chi connectivity index (χ0n) is 18.4. The van der Waals surface area contributed by atoms with Crippen molar-refractivity contribution >= 4 is 21.4 Å². The van der Waals surface area contributed by atoms with Gasteiger partial charge in [-0.15, -0.1) is 0 Å². The van der Waals surface area contributed by atoms with E-state index in [-0.39, 0.29) is 11.2 Å². The second-order valence-electron chi connectivity index (χ2n) is 10.6. The molecule has 1 unspecified atom stereocenters. The normalized spacial score (nSPS) is 28.2. The Kier molecular flexibility index (Phi) is 5.92. The molecule has 2 spiro atoms. The van der Waals surface area contributed by atoms with Crippen LogP contribution in [0.2, 0.25) is 5.02 Å². The minimum atomic E-state index is -2.75. The van der Waals surface area contributed by atoms with Crippen LogP contribution in [0.4, 0.5) is 0 Å². The monoisotopic (exact) mass is 467 g/mol. The van der Waals surface area contributed by atoms with Gasteiger partial charge in [0.1, 0.15) is 0 Å². The van der Waals surface area contributed by atoms with E-state index in [0.717, 1.165) is 76.4 Å². The topological polar surface area (TPSA) is 55.8 Å². The van der Waals surface area contributed by atoms with Gasteiger partial charge in [0.05, 0.1) is 24.7 Å². The van der Waals surface area contributed by atoms with Crippen molar-refractivity contribution in [1.29, 1.82) is 0 Å². The average molecular weight is 468 g/mol. The highest BCUT2D eigenvalue weighted by Gasteiger charge is 2.51. The number of ether oxygens (including phenoxy) is 2. The lowest BCUT2D eigenvalue weighted by Gasteiger charge is -2.37. The lowest BCUT2D eigenvalue weighted by Crippen LogP contribution is -2.50. The molecule has 0 amide bonds. The van der Waals surface area contributed by atoms with Crippen LogP contribution >= 0.6 is 11.6 Å². The Morgan fingerprint density at radius 1 is 1.16 bits per heavy atom. The highest BCUT2D eigenvalue weighted by Crippen LogP contribution is 2.44. The number of likely N-dealkylation sites (tertiary alicyclic amines) is 1. The van der Waals surface area contributed by atoms with Crippen LogP contribution in [0.3, 0.4) is 0 Å². The van der Waals surface area contributed by atoms with E-state index in [9.17, 15) is 8.42 Å². The van der Waals surface area contributed by atoms with Crippen molar-refractivity contribution in [3.63, 3.8) is 0 Å². The van der Waals surface area contributed by atoms with Crippen molar-refractivity contribution in [3.8, 4) is 0 Å². The fourth-order valence-electron chi connectivity index (χ4n) is 6.40. The molecule has 0 radical (unpaired) electrons. The van der Waals surface area contributed by atoms with Gasteiger partial charge in [-0.2, -0.15) is 0 Å². The number of hydrogen-bond acceptors (Lipinski definition) is 5. The van der Waals surface area contributed by atoms with Crippen LogP contribution in [0, 0.1) is 11.3 Å². The Bertz CT molecular complexity index is 906. The quantitative estimate of drug-likeness (QED) is 0.654. The van der Waals surface area contributed by atoms with Gasteiger partial charge in [0, 0.05) is 36.4 Å². The molecule has 1 saturated carbocycles. The van der Waals surface area contributed by atoms with Gasteiger partial charge in [-0.1, -0.05) is 30.7 Å². The van der Waals surface area contributed by atoms with E-state index in [1.165, 1.54) is 11.1 Å². The van der Waals surface area contributed by atoms with E-state index in [4.69, 9.17) is 21.1 Å². The Morgan fingerprint density at radius 2 is 1.87 bits per heavy atom. The Morgan fingerprint density at radius 3 is 2.52 bits per heavy atom. The van der Waals surface area contributed by atoms with Crippen LogP contribution in [0.1, 0.15) is 56.1 Å². The molecule has 5 nitrogen and oxygen atoms in total. The Balaban J connectivity index is 1.13. The lowest BCUT2D eigenvalue weighted by molar-refractivity contribution is -0.178. The van der Waals surface area contributed by atoms with Crippen LogP contribution in [0.25, 0.3) is 0 Å². The van der Waals surface area contributed by atoms with Gasteiger partial charge in [-0.05, 0) is 61.3 Å². The Labute approximate surface area is 191 Å². The molecule has 7 heteroatoms. The molecule has 1 aliphatic carbocycles. The van der Waals surface area contributed by atoms with E-state index in [1.807, 2.05) is 0 Å². The maximum Gasteiger partial charge on any atom is 0.168 e. The van der Waals surface area contributed by atoms with Crippen LogP contribution in [-0.4, -0.2) is 63.5 Å². The number of halogens is 1. The lowest BCUT2D eigenvalue weighted by atomic mass is 9.80. The van der Waals surface area contributed by atoms with E-state index in [2.05, 4.69) is 30.0 Å². The predicted octanol–water partition coefficient (Wildman–Crippen LogP) is 4.04. The third-order valence-electron chi connectivity index (χ3n) is 7.79. The molecule has 4 aliphatic rings. The molecule has 1 aromatic rings. The molecule has 4 fully saturated rings. The fraction of sp³-hybridized carbons (Fsp3) is 0.750. The minimum absolute atomic E-state index is 0.0522. The van der Waals surface area contributed by atoms with Crippen molar-refractivity contribution < 1.29 is 17.9 Å². The first kappa shape index (κ1) is 22.1. The fourth-order valence-corrected chi connectivity index (χ4v) is 9.01. The molecule has 0 bridgehead atoms. The molecule has 3 heterocycles. The van der Waals surface area contributed by atoms with E-state index in [1.54, 1.807) is 0 Å². The summed E-state index contributed by atoms with van der Waals surface area (Å²) in [5, 5.41) is 0.888. The highest BCUT2D eigenvalue weighted by molar-refractivity contribution is 7.92. The molecule has 3 aliphatic heterocycles. The summed E-state index contributed by atoms with van der Waals surface area (Å²) < 4.78 is 34.9. The first-order valence-electron chi connectivity index (χ1n) is 11.7. The summed E-state index contributed by atoms with van der Waals surface area (Å²) in [6, 6.07) is 6.63. The SMILES string of the molecule is CC(Cc1ccc(C2CCC3(CC2)OCCO3)c(Cl)c1)CN1CCC2(C1)CS(=O)(=O)C2. The summed E-state index contributed by atoms with van der Waals surface area (Å²) in [5.74, 6) is 1.46. The minimum Gasteiger partial charge on any atom is -0.348 e. The maximum absolute atomic E-state index is 11.6. The first-order valence-corrected chi connectivity index (χ1v) is 13.9. The second kappa shape index (κ2) is 8.28. The van der Waals surface area contributed by atoms with Gasteiger partial charge in [-0.25, -0.2) is 8.42 Å². The summed E-state index contributed by atoms with van der Waals surface area (Å²) in [6.07, 6.45) is 6.04. The summed E-state index contributed by atoms with van der Waals surface area (Å²) >= 11 is 6.73. The Hall–Kier alpha value is -0.660. The third-order valence-corrected chi connectivity index (χ3v) is 10.2. The van der Waals surface area contributed by atoms with Gasteiger partial charge < -0.3 is 14.4 Å². The summed E-state index contributed by atoms with van der Waals surface area (Å²) in [5.41, 5.74) is 2.60. The molecule has 1 aromatic carbocycles. The maximum atomic E-state index is 11.6. The van der Waals surface area contributed by atoms with Crippen molar-refractivity contribution in [2.24, 2.45) is 11.3 Å². The average Bonchev–Trinajstić information content (AvgIpc) is 3.30. The summed E-state index contributed by atoms with van der Waals surface area (Å²) in [6.45, 7) is 6.70. The zero-order chi connectivity index (χ0) is 21.7. The van der Waals surface area contributed by atoms with Crippen LogP contribution < -0.4 is 0 Å². The van der Waals surface area contributed by atoms with Gasteiger partial charge in [0.2, 0.25) is 0 Å². The number of benzene rings is 1. The second-order valence-corrected chi connectivity index (χ2v) is 13.0. The smallest absolute Gasteiger partial charge is 0.168 e. The molecule has 172 valence electrons. The summed E-state index contributed by atoms with van der Waals surface area (Å²) in [7, 11) is -2.75. The molecule has 5 rings (SSSR count). The van der Waals surface area contributed by atoms with Gasteiger partial charge in [-0.3, -0.25) is 0 Å². The van der Waals surface area contributed by atoms with E-state index < -0.39 is 9.84 Å². The third kappa shape index (κ3) is 4.70. The van der Waals surface area contributed by atoms with Crippen LogP contribution in [0.5, 0.6) is 0 Å². The van der Waals surface area contributed by atoms with Crippen molar-refractivity contribution in [3.05, 3.63) is 34.3 Å². The molecule has 0 aromatic heterocycles. The highest BCUT2D eigenvalue weighted by atomic mass is 35.5. The van der Waals surface area contributed by atoms with Crippen molar-refractivity contribution in [1.82, 2.24) is 4.90 Å². The molecule has 3 saturated heterocycles. The molecule has 1 atom stereocenters. The van der Waals surface area contributed by atoms with Crippen LogP contribution in [0.15, 0.2) is 18.2 Å². The molecule has 31 heavy (non-hydrogen) atoms. The number of hydrogen-bond donors (Lipinski definition) is 0. The molecular weight excluding hydrogens is 434 g/mol. The number of nitrogens with zero attached hydrogens (tertiary/aromatic N) is 1. The van der Waals surface area contributed by atoms with E-state index >= 15 is 0 Å². The van der Waals surface area contributed by atoms with E-state index in [0.29, 0.717) is 23.3 Å². The number of rotatable bonds is 5. The van der Waals surface area contributed by atoms with Crippen molar-refractivity contribution in [2.75, 3.05) is 44.4 Å². The largest absolute Gasteiger partial charge is 0.348 e. The standard InChI is InChI=1S/C24H34ClNO4S/c1-18(14-26-9-8-23(15-26)16-31(27,28)17-23)12-19-2-3-21(22(25)13-19)20-4-6-24(7-5-20)29-10-11-30-24/h2-3,13,18,20H,4-12,14-17H2,1H3. The summed E-state index contributed by atoms with van der Waals surface area (Å²) in [4.78, 5) is 2.46. The predicted molar refractivity (Wildman–Crippen MR) is 122 cm³/mol.